The fourth-order valence-corrected chi connectivity index (χ4v) is 5.22. The monoisotopic (exact) mass is 390 g/mol. The molecule has 2 bridgehead atoms. The molecule has 1 aromatic carbocycles. The molecule has 1 saturated heterocycles. The number of allylic oxidation sites excluding steroid dienone is 2. The topological polar surface area (TPSA) is 15.7 Å². The van der Waals surface area contributed by atoms with E-state index in [1.54, 1.807) is 7.11 Å². The number of hydrogen-bond acceptors (Lipinski definition) is 3. The molecule has 4 rings (SSSR count). The van der Waals surface area contributed by atoms with E-state index in [1.165, 1.54) is 51.1 Å². The van der Waals surface area contributed by atoms with E-state index in [0.717, 1.165) is 34.5 Å². The highest BCUT2D eigenvalue weighted by Crippen LogP contribution is 2.43. The summed E-state index contributed by atoms with van der Waals surface area (Å²) < 4.78 is 6.36. The zero-order valence-electron chi connectivity index (χ0n) is 14.5. The largest absolute Gasteiger partial charge is 0.496 e. The molecule has 3 atom stereocenters. The van der Waals surface area contributed by atoms with Gasteiger partial charge >= 0.3 is 0 Å². The number of nitrogens with zero attached hydrogens (tertiary/aromatic N) is 2. The lowest BCUT2D eigenvalue weighted by molar-refractivity contribution is 0.108. The van der Waals surface area contributed by atoms with E-state index in [-0.39, 0.29) is 0 Å². The summed E-state index contributed by atoms with van der Waals surface area (Å²) in [5.41, 5.74) is 1.36. The van der Waals surface area contributed by atoms with Gasteiger partial charge in [0.1, 0.15) is 5.75 Å². The molecule has 0 N–H and O–H groups in total. The first-order valence-corrected chi connectivity index (χ1v) is 9.96. The van der Waals surface area contributed by atoms with Crippen LogP contribution in [0.1, 0.15) is 18.4 Å². The molecule has 24 heavy (non-hydrogen) atoms. The Morgan fingerprint density at radius 1 is 1.08 bits per heavy atom. The molecule has 0 spiro atoms. The number of piperazine rings is 1. The van der Waals surface area contributed by atoms with E-state index in [1.807, 2.05) is 0 Å². The summed E-state index contributed by atoms with van der Waals surface area (Å²) in [5, 5.41) is 0. The standard InChI is InChI=1S/C20H27BrN2O/c1-24-20-5-3-16(12-19(20)21)13-22-6-8-23(9-7-22)14-18-11-15-2-4-17(18)10-15/h2-5,12,15,17-18H,6-11,13-14H2,1H3/t15-,17+,18-/m1/s1. The minimum atomic E-state index is 0.879. The van der Waals surface area contributed by atoms with Crippen LogP contribution in [0, 0.1) is 17.8 Å². The summed E-state index contributed by atoms with van der Waals surface area (Å²) in [4.78, 5) is 5.27. The second-order valence-electron chi connectivity index (χ2n) is 7.59. The fraction of sp³-hybridized carbons (Fsp3) is 0.600. The van der Waals surface area contributed by atoms with Crippen LogP contribution < -0.4 is 4.74 Å². The lowest BCUT2D eigenvalue weighted by Gasteiger charge is -2.37. The van der Waals surface area contributed by atoms with E-state index in [0.29, 0.717) is 0 Å². The minimum absolute atomic E-state index is 0.879. The van der Waals surface area contributed by atoms with Crippen molar-refractivity contribution in [1.29, 1.82) is 0 Å². The average molecular weight is 391 g/mol. The minimum Gasteiger partial charge on any atom is -0.496 e. The van der Waals surface area contributed by atoms with Crippen molar-refractivity contribution in [2.24, 2.45) is 17.8 Å². The SMILES string of the molecule is COc1ccc(CN2CCN(C[C@H]3C[C@@H]4C=C[C@H]3C4)CC2)cc1Br. The molecular formula is C20H27BrN2O. The van der Waals surface area contributed by atoms with Crippen molar-refractivity contribution < 1.29 is 4.74 Å². The van der Waals surface area contributed by atoms with Crippen LogP contribution in [0.25, 0.3) is 0 Å². The molecule has 130 valence electrons. The van der Waals surface area contributed by atoms with Crippen LogP contribution in [0.15, 0.2) is 34.8 Å². The molecule has 4 heteroatoms. The number of fused-ring (bicyclic) bond motifs is 2. The Morgan fingerprint density at radius 2 is 1.88 bits per heavy atom. The normalized spacial score (nSPS) is 30.2. The Hall–Kier alpha value is -0.840. The van der Waals surface area contributed by atoms with Crippen molar-refractivity contribution in [2.75, 3.05) is 39.8 Å². The van der Waals surface area contributed by atoms with E-state index in [9.17, 15) is 0 Å². The summed E-state index contributed by atoms with van der Waals surface area (Å²) >= 11 is 3.59. The van der Waals surface area contributed by atoms with Gasteiger partial charge in [-0.1, -0.05) is 18.2 Å². The zero-order chi connectivity index (χ0) is 16.5. The maximum absolute atomic E-state index is 5.32. The molecule has 3 nitrogen and oxygen atoms in total. The van der Waals surface area contributed by atoms with Gasteiger partial charge in [-0.05, 0) is 64.2 Å². The third-order valence-corrected chi connectivity index (χ3v) is 6.62. The maximum Gasteiger partial charge on any atom is 0.133 e. The Balaban J connectivity index is 1.25. The van der Waals surface area contributed by atoms with E-state index < -0.39 is 0 Å². The van der Waals surface area contributed by atoms with Gasteiger partial charge in [-0.3, -0.25) is 4.90 Å². The molecule has 3 aliphatic rings. The molecule has 1 aromatic rings. The molecular weight excluding hydrogens is 364 g/mol. The Kier molecular flexibility index (Phi) is 4.98. The van der Waals surface area contributed by atoms with E-state index >= 15 is 0 Å². The number of rotatable bonds is 5. The average Bonchev–Trinajstić information content (AvgIpc) is 3.20. The van der Waals surface area contributed by atoms with Gasteiger partial charge in [-0.15, -0.1) is 0 Å². The van der Waals surface area contributed by atoms with Gasteiger partial charge in [-0.25, -0.2) is 0 Å². The van der Waals surface area contributed by atoms with Crippen molar-refractivity contribution in [3.63, 3.8) is 0 Å². The molecule has 1 saturated carbocycles. The summed E-state index contributed by atoms with van der Waals surface area (Å²) in [6.07, 6.45) is 7.79. The number of benzene rings is 1. The van der Waals surface area contributed by atoms with Gasteiger partial charge in [0, 0.05) is 39.3 Å². The van der Waals surface area contributed by atoms with Crippen LogP contribution >= 0.6 is 15.9 Å². The molecule has 2 aliphatic carbocycles. The molecule has 0 unspecified atom stereocenters. The number of hydrogen-bond donors (Lipinski definition) is 0. The third kappa shape index (κ3) is 3.56. The predicted molar refractivity (Wildman–Crippen MR) is 101 cm³/mol. The molecule has 0 radical (unpaired) electrons. The maximum atomic E-state index is 5.32. The van der Waals surface area contributed by atoms with E-state index in [4.69, 9.17) is 4.74 Å². The molecule has 1 aliphatic heterocycles. The molecule has 2 fully saturated rings. The first kappa shape index (κ1) is 16.6. The smallest absolute Gasteiger partial charge is 0.133 e. The van der Waals surface area contributed by atoms with Crippen LogP contribution in [-0.4, -0.2) is 49.6 Å². The Labute approximate surface area is 153 Å². The predicted octanol–water partition coefficient (Wildman–Crippen LogP) is 3.79. The van der Waals surface area contributed by atoms with Gasteiger partial charge in [-0.2, -0.15) is 0 Å². The molecule has 0 aromatic heterocycles. The highest BCUT2D eigenvalue weighted by molar-refractivity contribution is 9.10. The van der Waals surface area contributed by atoms with Crippen molar-refractivity contribution in [3.05, 3.63) is 40.4 Å². The van der Waals surface area contributed by atoms with E-state index in [2.05, 4.69) is 56.1 Å². The second kappa shape index (κ2) is 7.19. The zero-order valence-corrected chi connectivity index (χ0v) is 16.0. The van der Waals surface area contributed by atoms with Gasteiger partial charge in [0.05, 0.1) is 11.6 Å². The van der Waals surface area contributed by atoms with Gasteiger partial charge in [0.15, 0.2) is 0 Å². The molecule has 1 heterocycles. The fourth-order valence-electron chi connectivity index (χ4n) is 4.63. The number of halogens is 1. The summed E-state index contributed by atoms with van der Waals surface area (Å²) in [6, 6.07) is 6.42. The second-order valence-corrected chi connectivity index (χ2v) is 8.44. The number of ether oxygens (including phenoxy) is 1. The van der Waals surface area contributed by atoms with Gasteiger partial charge < -0.3 is 9.64 Å². The lowest BCUT2D eigenvalue weighted by Crippen LogP contribution is -2.47. The van der Waals surface area contributed by atoms with Crippen LogP contribution in [0.4, 0.5) is 0 Å². The van der Waals surface area contributed by atoms with Gasteiger partial charge in [0.25, 0.3) is 0 Å². The highest BCUT2D eigenvalue weighted by Gasteiger charge is 2.36. The van der Waals surface area contributed by atoms with Crippen molar-refractivity contribution in [3.8, 4) is 5.75 Å². The van der Waals surface area contributed by atoms with Crippen LogP contribution in [0.2, 0.25) is 0 Å². The van der Waals surface area contributed by atoms with Crippen molar-refractivity contribution in [2.45, 2.75) is 19.4 Å². The number of methoxy groups -OCH3 is 1. The van der Waals surface area contributed by atoms with Crippen LogP contribution in [0.5, 0.6) is 5.75 Å². The Bertz CT molecular complexity index is 610. The molecule has 0 amide bonds. The first-order chi connectivity index (χ1) is 11.7. The quantitative estimate of drug-likeness (QED) is 0.711. The van der Waals surface area contributed by atoms with Crippen LogP contribution in [0.3, 0.4) is 0 Å². The van der Waals surface area contributed by atoms with Crippen molar-refractivity contribution >= 4 is 15.9 Å². The first-order valence-electron chi connectivity index (χ1n) is 9.16. The lowest BCUT2D eigenvalue weighted by atomic mass is 9.93. The van der Waals surface area contributed by atoms with Gasteiger partial charge in [0.2, 0.25) is 0 Å². The Morgan fingerprint density at radius 3 is 2.50 bits per heavy atom. The van der Waals surface area contributed by atoms with Crippen molar-refractivity contribution in [1.82, 2.24) is 9.80 Å². The summed E-state index contributed by atoms with van der Waals surface area (Å²) in [7, 11) is 1.71. The summed E-state index contributed by atoms with van der Waals surface area (Å²) in [5.74, 6) is 3.60. The van der Waals surface area contributed by atoms with Crippen LogP contribution in [-0.2, 0) is 6.54 Å². The highest BCUT2D eigenvalue weighted by atomic mass is 79.9. The third-order valence-electron chi connectivity index (χ3n) is 6.00. The summed E-state index contributed by atoms with van der Waals surface area (Å²) in [6.45, 7) is 7.14.